The van der Waals surface area contributed by atoms with Gasteiger partial charge in [0, 0.05) is 23.7 Å². The monoisotopic (exact) mass is 561 g/mol. The first-order chi connectivity index (χ1) is 20.9. The van der Waals surface area contributed by atoms with E-state index < -0.39 is 16.9 Å². The maximum Gasteiger partial charge on any atom is 0.173 e. The molecule has 210 valence electrons. The number of carbonyl (C=O) groups excluding carboxylic acids is 1. The first-order valence-corrected chi connectivity index (χ1v) is 14.7. The summed E-state index contributed by atoms with van der Waals surface area (Å²) in [7, 11) is 2.10. The number of para-hydroxylation sites is 1. The molecule has 7 rings (SSSR count). The molecule has 3 heteroatoms. The van der Waals surface area contributed by atoms with Crippen LogP contribution in [0.25, 0.3) is 11.1 Å². The van der Waals surface area contributed by atoms with Crippen LogP contribution in [0.4, 0.5) is 10.1 Å². The van der Waals surface area contributed by atoms with Crippen LogP contribution in [0.2, 0.25) is 0 Å². The smallest absolute Gasteiger partial charge is 0.173 e. The lowest BCUT2D eigenvalue weighted by molar-refractivity contribution is 0.0892. The Morgan fingerprint density at radius 3 is 1.91 bits per heavy atom. The molecule has 0 fully saturated rings. The molecule has 3 atom stereocenters. The second-order valence-corrected chi connectivity index (χ2v) is 11.6. The number of Topliss-reactive ketones (excluding diaryl/α,β-unsaturated/α-hetero) is 1. The first kappa shape index (κ1) is 26.9. The molecule has 0 saturated heterocycles. The third-order valence-corrected chi connectivity index (χ3v) is 9.55. The van der Waals surface area contributed by atoms with Crippen molar-refractivity contribution < 1.29 is 9.18 Å². The molecular formula is C40H32FNO. The summed E-state index contributed by atoms with van der Waals surface area (Å²) in [6, 6.07) is 45.4. The number of carbonyl (C=O) groups is 1. The fourth-order valence-corrected chi connectivity index (χ4v) is 7.47. The van der Waals surface area contributed by atoms with Gasteiger partial charge in [0.25, 0.3) is 0 Å². The Labute approximate surface area is 252 Å². The van der Waals surface area contributed by atoms with E-state index in [0.29, 0.717) is 5.56 Å². The molecule has 0 amide bonds. The first-order valence-electron chi connectivity index (χ1n) is 14.7. The Morgan fingerprint density at radius 2 is 1.26 bits per heavy atom. The highest BCUT2D eigenvalue weighted by Crippen LogP contribution is 2.62. The van der Waals surface area contributed by atoms with E-state index >= 15 is 4.79 Å². The number of hydrogen-bond donors (Lipinski definition) is 0. The number of rotatable bonds is 5. The zero-order valence-electron chi connectivity index (χ0n) is 24.2. The van der Waals surface area contributed by atoms with Gasteiger partial charge in [-0.2, -0.15) is 0 Å². The molecule has 1 aliphatic carbocycles. The second kappa shape index (κ2) is 10.4. The molecule has 2 nitrogen and oxygen atoms in total. The lowest BCUT2D eigenvalue weighted by atomic mass is 9.54. The summed E-state index contributed by atoms with van der Waals surface area (Å²) in [6.07, 6.45) is 4.51. The van der Waals surface area contributed by atoms with E-state index in [1.54, 1.807) is 0 Å². The summed E-state index contributed by atoms with van der Waals surface area (Å²) in [5.74, 6) is -0.823. The summed E-state index contributed by atoms with van der Waals surface area (Å²) in [4.78, 5) is 17.4. The topological polar surface area (TPSA) is 20.3 Å². The summed E-state index contributed by atoms with van der Waals surface area (Å²) in [6.45, 7) is 2.22. The minimum atomic E-state index is -0.882. The summed E-state index contributed by atoms with van der Waals surface area (Å²) < 4.78 is 14.4. The van der Waals surface area contributed by atoms with Gasteiger partial charge in [0.15, 0.2) is 5.78 Å². The van der Waals surface area contributed by atoms with Crippen molar-refractivity contribution in [3.8, 4) is 0 Å². The third-order valence-electron chi connectivity index (χ3n) is 9.55. The number of anilines is 1. The zero-order chi connectivity index (χ0) is 29.6. The van der Waals surface area contributed by atoms with E-state index in [1.165, 1.54) is 12.1 Å². The number of nitrogens with zero attached hydrogens (tertiary/aromatic N) is 1. The normalized spacial score (nSPS) is 22.6. The molecule has 0 saturated carbocycles. The van der Waals surface area contributed by atoms with Crippen molar-refractivity contribution in [1.82, 2.24) is 0 Å². The summed E-state index contributed by atoms with van der Waals surface area (Å²) in [5, 5.41) is 0. The number of benzene rings is 5. The number of halogens is 1. The molecular weight excluding hydrogens is 529 g/mol. The van der Waals surface area contributed by atoms with Crippen molar-refractivity contribution in [3.05, 3.63) is 185 Å². The highest BCUT2D eigenvalue weighted by atomic mass is 19.1. The molecule has 5 aromatic rings. The molecule has 0 aromatic heterocycles. The van der Waals surface area contributed by atoms with Crippen molar-refractivity contribution in [2.24, 2.45) is 5.92 Å². The van der Waals surface area contributed by atoms with Gasteiger partial charge in [0.05, 0.1) is 11.5 Å². The van der Waals surface area contributed by atoms with Gasteiger partial charge in [-0.25, -0.2) is 4.39 Å². The number of fused-ring (bicyclic) bond motifs is 1. The Kier molecular flexibility index (Phi) is 6.47. The van der Waals surface area contributed by atoms with E-state index in [1.807, 2.05) is 84.9 Å². The quantitative estimate of drug-likeness (QED) is 0.200. The van der Waals surface area contributed by atoms with Gasteiger partial charge in [-0.15, -0.1) is 0 Å². The Morgan fingerprint density at radius 1 is 0.698 bits per heavy atom. The summed E-state index contributed by atoms with van der Waals surface area (Å²) in [5.41, 5.74) is 6.25. The van der Waals surface area contributed by atoms with Crippen LogP contribution in [0.5, 0.6) is 0 Å². The van der Waals surface area contributed by atoms with Crippen LogP contribution >= 0.6 is 0 Å². The molecule has 1 heterocycles. The van der Waals surface area contributed by atoms with Crippen LogP contribution in [0, 0.1) is 11.7 Å². The summed E-state index contributed by atoms with van der Waals surface area (Å²) >= 11 is 0. The highest BCUT2D eigenvalue weighted by molar-refractivity contribution is 6.10. The fraction of sp³-hybridized carbons (Fsp3) is 0.125. The maximum atomic E-state index is 15.1. The Bertz CT molecular complexity index is 1860. The SMILES string of the molecule is CN1c2ccccc2[C@](C)(c2ccc(F)cc2)[C@@]12C=C(c1ccccc1)C=C(c1ccccc1)[C@H]2C(=O)c1ccccc1. The van der Waals surface area contributed by atoms with E-state index in [2.05, 4.69) is 73.5 Å². The van der Waals surface area contributed by atoms with Gasteiger partial charge in [-0.05, 0) is 70.7 Å². The Balaban J connectivity index is 1.62. The zero-order valence-corrected chi connectivity index (χ0v) is 24.2. The lowest BCUT2D eigenvalue weighted by Gasteiger charge is -2.53. The van der Waals surface area contributed by atoms with Gasteiger partial charge in [-0.3, -0.25) is 4.79 Å². The molecule has 1 spiro atoms. The highest BCUT2D eigenvalue weighted by Gasteiger charge is 2.64. The predicted octanol–water partition coefficient (Wildman–Crippen LogP) is 9.00. The lowest BCUT2D eigenvalue weighted by Crippen LogP contribution is -2.62. The van der Waals surface area contributed by atoms with Gasteiger partial charge in [0.2, 0.25) is 0 Å². The van der Waals surface area contributed by atoms with Crippen LogP contribution < -0.4 is 4.90 Å². The van der Waals surface area contributed by atoms with Crippen molar-refractivity contribution in [3.63, 3.8) is 0 Å². The minimum Gasteiger partial charge on any atom is -0.363 e. The van der Waals surface area contributed by atoms with Gasteiger partial charge >= 0.3 is 0 Å². The number of likely N-dealkylation sites (N-methyl/N-ethyl adjacent to an activating group) is 1. The average molecular weight is 562 g/mol. The largest absolute Gasteiger partial charge is 0.363 e. The van der Waals surface area contributed by atoms with Crippen LogP contribution in [-0.2, 0) is 5.41 Å². The number of hydrogen-bond acceptors (Lipinski definition) is 2. The maximum absolute atomic E-state index is 15.1. The van der Waals surface area contributed by atoms with E-state index in [0.717, 1.165) is 39.1 Å². The fourth-order valence-electron chi connectivity index (χ4n) is 7.47. The van der Waals surface area contributed by atoms with Crippen molar-refractivity contribution in [2.75, 3.05) is 11.9 Å². The number of allylic oxidation sites excluding steroid dienone is 2. The second-order valence-electron chi connectivity index (χ2n) is 11.6. The molecule has 0 bridgehead atoms. The molecule has 43 heavy (non-hydrogen) atoms. The molecule has 5 aromatic carbocycles. The van der Waals surface area contributed by atoms with E-state index in [-0.39, 0.29) is 11.6 Å². The standard InChI is InChI=1S/C40H32FNO/c1-39(32-22-24-33(41)25-23-32)35-20-12-13-21-36(35)42(2)40(39)27-31(28-14-6-3-7-15-28)26-34(29-16-8-4-9-17-29)37(40)38(43)30-18-10-5-11-19-30/h3-27,37H,1-2H3/t37-,39-,40-/m0/s1. The number of ketones is 1. The molecule has 2 aliphatic rings. The van der Waals surface area contributed by atoms with Crippen LogP contribution in [0.1, 0.15) is 39.5 Å². The molecule has 0 unspecified atom stereocenters. The third kappa shape index (κ3) is 4.03. The van der Waals surface area contributed by atoms with Crippen molar-refractivity contribution in [1.29, 1.82) is 0 Å². The Hall–Kier alpha value is -5.02. The molecule has 0 radical (unpaired) electrons. The van der Waals surface area contributed by atoms with Crippen LogP contribution in [-0.4, -0.2) is 18.4 Å². The van der Waals surface area contributed by atoms with Crippen molar-refractivity contribution in [2.45, 2.75) is 17.9 Å². The van der Waals surface area contributed by atoms with E-state index in [4.69, 9.17) is 0 Å². The van der Waals surface area contributed by atoms with Crippen molar-refractivity contribution >= 4 is 22.6 Å². The van der Waals surface area contributed by atoms with Gasteiger partial charge in [0.1, 0.15) is 5.82 Å². The average Bonchev–Trinajstić information content (AvgIpc) is 3.25. The predicted molar refractivity (Wildman–Crippen MR) is 174 cm³/mol. The van der Waals surface area contributed by atoms with Gasteiger partial charge < -0.3 is 4.90 Å². The molecule has 1 aliphatic heterocycles. The van der Waals surface area contributed by atoms with Crippen LogP contribution in [0.15, 0.2) is 152 Å². The minimum absolute atomic E-state index is 0.0482. The molecule has 0 N–H and O–H groups in total. The van der Waals surface area contributed by atoms with Crippen LogP contribution in [0.3, 0.4) is 0 Å². The van der Waals surface area contributed by atoms with E-state index in [9.17, 15) is 4.39 Å². The van der Waals surface area contributed by atoms with Gasteiger partial charge in [-0.1, -0.05) is 121 Å².